The lowest BCUT2D eigenvalue weighted by Crippen LogP contribution is -2.15. The molecule has 0 bridgehead atoms. The van der Waals surface area contributed by atoms with Crippen LogP contribution in [0.1, 0.15) is 10.4 Å². The maximum absolute atomic E-state index is 11.8. The smallest absolute Gasteiger partial charge is 0.270 e. The van der Waals surface area contributed by atoms with Crippen molar-refractivity contribution in [3.05, 3.63) is 51.3 Å². The highest BCUT2D eigenvalue weighted by Gasteiger charge is 2.15. The van der Waals surface area contributed by atoms with Gasteiger partial charge in [-0.05, 0) is 6.07 Å². The van der Waals surface area contributed by atoms with Crippen LogP contribution in [0, 0.1) is 10.1 Å². The standard InChI is InChI=1S/C10H6ClN5O3/c11-8-5-6(16(18)19)1-2-7(8)9(17)14-10-12-3-4-13-15-10/h1-5H,(H,12,14,15,17). The van der Waals surface area contributed by atoms with Gasteiger partial charge in [-0.1, -0.05) is 11.6 Å². The lowest BCUT2D eigenvalue weighted by atomic mass is 10.2. The van der Waals surface area contributed by atoms with Crippen LogP contribution < -0.4 is 5.32 Å². The van der Waals surface area contributed by atoms with Crippen LogP contribution in [0.15, 0.2) is 30.6 Å². The summed E-state index contributed by atoms with van der Waals surface area (Å²) in [6.07, 6.45) is 2.72. The van der Waals surface area contributed by atoms with Gasteiger partial charge in [0.25, 0.3) is 11.6 Å². The highest BCUT2D eigenvalue weighted by Crippen LogP contribution is 2.22. The Morgan fingerprint density at radius 2 is 2.16 bits per heavy atom. The quantitative estimate of drug-likeness (QED) is 0.676. The molecule has 2 rings (SSSR count). The molecule has 0 radical (unpaired) electrons. The second kappa shape index (κ2) is 5.36. The Bertz CT molecular complexity index is 634. The van der Waals surface area contributed by atoms with Crippen LogP contribution in [-0.4, -0.2) is 26.0 Å². The number of non-ortho nitro benzene ring substituents is 1. The average Bonchev–Trinajstić information content (AvgIpc) is 2.39. The van der Waals surface area contributed by atoms with Crippen molar-refractivity contribution in [3.63, 3.8) is 0 Å². The molecule has 8 nitrogen and oxygen atoms in total. The molecule has 0 aliphatic rings. The second-order valence-corrected chi connectivity index (χ2v) is 3.75. The van der Waals surface area contributed by atoms with Crippen LogP contribution in [0.25, 0.3) is 0 Å². The number of aromatic nitrogens is 3. The molecule has 1 N–H and O–H groups in total. The SMILES string of the molecule is O=C(Nc1nccnn1)c1ccc([N+](=O)[O-])cc1Cl. The lowest BCUT2D eigenvalue weighted by Gasteiger charge is -2.04. The molecule has 0 spiro atoms. The zero-order valence-corrected chi connectivity index (χ0v) is 10.0. The Labute approximate surface area is 111 Å². The first-order valence-corrected chi connectivity index (χ1v) is 5.34. The molecule has 1 amide bonds. The number of anilines is 1. The first-order chi connectivity index (χ1) is 9.08. The summed E-state index contributed by atoms with van der Waals surface area (Å²) in [5, 5.41) is 20.0. The van der Waals surface area contributed by atoms with Crippen molar-refractivity contribution in [2.75, 3.05) is 5.32 Å². The largest absolute Gasteiger partial charge is 0.289 e. The number of benzene rings is 1. The molecule has 19 heavy (non-hydrogen) atoms. The van der Waals surface area contributed by atoms with Gasteiger partial charge in [-0.15, -0.1) is 5.10 Å². The number of rotatable bonds is 3. The molecule has 96 valence electrons. The fourth-order valence-electron chi connectivity index (χ4n) is 1.28. The molecule has 0 atom stereocenters. The molecule has 2 aromatic rings. The predicted molar refractivity (Wildman–Crippen MR) is 65.9 cm³/mol. The van der Waals surface area contributed by atoms with Crippen molar-refractivity contribution >= 4 is 29.1 Å². The zero-order valence-electron chi connectivity index (χ0n) is 9.28. The predicted octanol–water partition coefficient (Wildman–Crippen LogP) is 1.69. The summed E-state index contributed by atoms with van der Waals surface area (Å²) in [7, 11) is 0. The molecular formula is C10H6ClN5O3. The molecular weight excluding hydrogens is 274 g/mol. The number of nitrogens with zero attached hydrogens (tertiary/aromatic N) is 4. The first kappa shape index (κ1) is 12.8. The number of carbonyl (C=O) groups is 1. The summed E-state index contributed by atoms with van der Waals surface area (Å²) in [6, 6.07) is 3.54. The van der Waals surface area contributed by atoms with E-state index in [1.165, 1.54) is 24.5 Å². The third kappa shape index (κ3) is 2.99. The highest BCUT2D eigenvalue weighted by atomic mass is 35.5. The number of carbonyl (C=O) groups excluding carboxylic acids is 1. The summed E-state index contributed by atoms with van der Waals surface area (Å²) in [6.45, 7) is 0. The van der Waals surface area contributed by atoms with Gasteiger partial charge in [-0.25, -0.2) is 4.98 Å². The molecule has 0 aliphatic heterocycles. The third-order valence-electron chi connectivity index (χ3n) is 2.12. The molecule has 0 saturated carbocycles. The van der Waals surface area contributed by atoms with Gasteiger partial charge in [0.1, 0.15) is 0 Å². The highest BCUT2D eigenvalue weighted by molar-refractivity contribution is 6.34. The van der Waals surface area contributed by atoms with Gasteiger partial charge in [0.05, 0.1) is 27.9 Å². The van der Waals surface area contributed by atoms with Gasteiger partial charge in [0.15, 0.2) is 0 Å². The number of nitrogens with one attached hydrogen (secondary N) is 1. The van der Waals surface area contributed by atoms with E-state index in [-0.39, 0.29) is 22.2 Å². The Balaban J connectivity index is 2.22. The Kier molecular flexibility index (Phi) is 3.62. The zero-order chi connectivity index (χ0) is 13.8. The molecule has 1 heterocycles. The Morgan fingerprint density at radius 3 is 2.74 bits per heavy atom. The van der Waals surface area contributed by atoms with Crippen molar-refractivity contribution in [3.8, 4) is 0 Å². The van der Waals surface area contributed by atoms with E-state index in [1.807, 2.05) is 0 Å². The van der Waals surface area contributed by atoms with Crippen LogP contribution in [-0.2, 0) is 0 Å². The van der Waals surface area contributed by atoms with E-state index >= 15 is 0 Å². The molecule has 1 aromatic carbocycles. The Morgan fingerprint density at radius 1 is 1.37 bits per heavy atom. The summed E-state index contributed by atoms with van der Waals surface area (Å²) < 4.78 is 0. The molecule has 0 aliphatic carbocycles. The third-order valence-corrected chi connectivity index (χ3v) is 2.43. The van der Waals surface area contributed by atoms with Crippen LogP contribution in [0.5, 0.6) is 0 Å². The molecule has 0 fully saturated rings. The van der Waals surface area contributed by atoms with Crippen LogP contribution in [0.4, 0.5) is 11.6 Å². The minimum Gasteiger partial charge on any atom is -0.289 e. The number of hydrogen-bond acceptors (Lipinski definition) is 6. The van der Waals surface area contributed by atoms with E-state index in [0.717, 1.165) is 6.07 Å². The van der Waals surface area contributed by atoms with E-state index in [9.17, 15) is 14.9 Å². The number of hydrogen-bond donors (Lipinski definition) is 1. The van der Waals surface area contributed by atoms with Gasteiger partial charge in [-0.3, -0.25) is 20.2 Å². The average molecular weight is 280 g/mol. The van der Waals surface area contributed by atoms with Gasteiger partial charge >= 0.3 is 0 Å². The first-order valence-electron chi connectivity index (χ1n) is 4.97. The summed E-state index contributed by atoms with van der Waals surface area (Å²) in [5.74, 6) is -0.560. The topological polar surface area (TPSA) is 111 Å². The van der Waals surface area contributed by atoms with Crippen LogP contribution in [0.3, 0.4) is 0 Å². The summed E-state index contributed by atoms with van der Waals surface area (Å²) in [4.78, 5) is 25.5. The van der Waals surface area contributed by atoms with Crippen molar-refractivity contribution in [2.24, 2.45) is 0 Å². The maximum Gasteiger partial charge on any atom is 0.270 e. The fraction of sp³-hybridized carbons (Fsp3) is 0. The minimum atomic E-state index is -0.599. The van der Waals surface area contributed by atoms with Crippen molar-refractivity contribution in [2.45, 2.75) is 0 Å². The number of nitro groups is 1. The number of amides is 1. The maximum atomic E-state index is 11.8. The summed E-state index contributed by atoms with van der Waals surface area (Å²) in [5.41, 5.74) is -0.112. The van der Waals surface area contributed by atoms with Gasteiger partial charge in [-0.2, -0.15) is 5.10 Å². The van der Waals surface area contributed by atoms with E-state index in [4.69, 9.17) is 11.6 Å². The van der Waals surface area contributed by atoms with E-state index in [2.05, 4.69) is 20.5 Å². The summed E-state index contributed by atoms with van der Waals surface area (Å²) >= 11 is 5.81. The van der Waals surface area contributed by atoms with Crippen molar-refractivity contribution in [1.82, 2.24) is 15.2 Å². The van der Waals surface area contributed by atoms with Gasteiger partial charge in [0.2, 0.25) is 5.95 Å². The lowest BCUT2D eigenvalue weighted by molar-refractivity contribution is -0.384. The van der Waals surface area contributed by atoms with E-state index in [1.54, 1.807) is 0 Å². The monoisotopic (exact) mass is 279 g/mol. The number of halogens is 1. The van der Waals surface area contributed by atoms with Gasteiger partial charge in [0, 0.05) is 12.1 Å². The van der Waals surface area contributed by atoms with Crippen LogP contribution in [0.2, 0.25) is 5.02 Å². The van der Waals surface area contributed by atoms with Crippen molar-refractivity contribution in [1.29, 1.82) is 0 Å². The number of nitro benzene ring substituents is 1. The normalized spacial score (nSPS) is 9.95. The van der Waals surface area contributed by atoms with Gasteiger partial charge < -0.3 is 0 Å². The van der Waals surface area contributed by atoms with Crippen LogP contribution >= 0.6 is 11.6 Å². The van der Waals surface area contributed by atoms with Crippen molar-refractivity contribution < 1.29 is 9.72 Å². The fourth-order valence-corrected chi connectivity index (χ4v) is 1.54. The Hall–Kier alpha value is -2.61. The second-order valence-electron chi connectivity index (χ2n) is 3.34. The van der Waals surface area contributed by atoms with E-state index < -0.39 is 10.8 Å². The molecule has 0 unspecified atom stereocenters. The van der Waals surface area contributed by atoms with E-state index in [0.29, 0.717) is 0 Å². The molecule has 9 heteroatoms. The minimum absolute atomic E-state index is 0.0157. The molecule has 1 aromatic heterocycles. The molecule has 0 saturated heterocycles.